The molecule has 0 saturated carbocycles. The summed E-state index contributed by atoms with van der Waals surface area (Å²) < 4.78 is 33.1. The van der Waals surface area contributed by atoms with Crippen LogP contribution >= 0.6 is 0 Å². The Balaban J connectivity index is 1.54. The second-order valence-electron chi connectivity index (χ2n) is 6.49. The zero-order chi connectivity index (χ0) is 21.9. The van der Waals surface area contributed by atoms with Gasteiger partial charge in [-0.1, -0.05) is 12.1 Å². The second-order valence-corrected chi connectivity index (χ2v) is 8.05. The third kappa shape index (κ3) is 5.13. The molecule has 0 saturated heterocycles. The lowest BCUT2D eigenvalue weighted by molar-refractivity contribution is -0.155. The summed E-state index contributed by atoms with van der Waals surface area (Å²) in [6, 6.07) is 12.0. The minimum absolute atomic E-state index is 0.104. The summed E-state index contributed by atoms with van der Waals surface area (Å²) in [6.07, 6.45) is -2.61. The van der Waals surface area contributed by atoms with Crippen LogP contribution in [0.3, 0.4) is 0 Å². The Morgan fingerprint density at radius 3 is 2.53 bits per heavy atom. The first-order chi connectivity index (χ1) is 14.1. The lowest BCUT2D eigenvalue weighted by Crippen LogP contribution is -2.40. The van der Waals surface area contributed by atoms with E-state index in [0.29, 0.717) is 17.1 Å². The van der Waals surface area contributed by atoms with Gasteiger partial charge in [0.25, 0.3) is 11.8 Å². The van der Waals surface area contributed by atoms with Crippen molar-refractivity contribution < 1.29 is 32.3 Å². The number of benzene rings is 2. The Morgan fingerprint density at radius 1 is 1.20 bits per heavy atom. The topological polar surface area (TPSA) is 154 Å². The van der Waals surface area contributed by atoms with Crippen molar-refractivity contribution in [2.45, 2.75) is 30.4 Å². The van der Waals surface area contributed by atoms with E-state index >= 15 is 0 Å². The minimum Gasteiger partial charge on any atom is -0.478 e. The van der Waals surface area contributed by atoms with Gasteiger partial charge in [-0.05, 0) is 43.3 Å². The molecule has 2 aromatic rings. The molecule has 0 aromatic heterocycles. The Bertz CT molecular complexity index is 1080. The van der Waals surface area contributed by atoms with Gasteiger partial charge in [-0.15, -0.1) is 0 Å². The summed E-state index contributed by atoms with van der Waals surface area (Å²) >= 11 is 0. The first-order valence-electron chi connectivity index (χ1n) is 8.83. The number of carbonyl (C=O) groups is 3. The standard InChI is InChI=1S/C19H19N3O7S/c1-11(18(24)21-12-6-8-13(9-7-12)30(20,26)27)28-17(23)10-16-19(25)22-14-4-2-3-5-15(14)29-16/h2-9,11,16H,10H2,1H3,(H,21,24)(H,22,25)(H2,20,26,27). The number of primary sulfonamides is 1. The fraction of sp³-hybridized carbons (Fsp3) is 0.211. The Hall–Kier alpha value is -3.44. The summed E-state index contributed by atoms with van der Waals surface area (Å²) in [5.41, 5.74) is 0.801. The van der Waals surface area contributed by atoms with Crippen LogP contribution < -0.4 is 20.5 Å². The van der Waals surface area contributed by atoms with E-state index in [1.54, 1.807) is 24.3 Å². The number of anilines is 2. The molecule has 0 radical (unpaired) electrons. The quantitative estimate of drug-likeness (QED) is 0.574. The van der Waals surface area contributed by atoms with Gasteiger partial charge in [-0.2, -0.15) is 0 Å². The number of fused-ring (bicyclic) bond motifs is 1. The van der Waals surface area contributed by atoms with Crippen LogP contribution in [0.4, 0.5) is 11.4 Å². The van der Waals surface area contributed by atoms with E-state index in [9.17, 15) is 22.8 Å². The van der Waals surface area contributed by atoms with Crippen molar-refractivity contribution in [3.8, 4) is 5.75 Å². The molecule has 11 heteroatoms. The molecule has 4 N–H and O–H groups in total. The lowest BCUT2D eigenvalue weighted by atomic mass is 10.1. The van der Waals surface area contributed by atoms with Gasteiger partial charge in [-0.25, -0.2) is 13.6 Å². The molecule has 158 valence electrons. The van der Waals surface area contributed by atoms with Crippen molar-refractivity contribution in [3.63, 3.8) is 0 Å². The molecular weight excluding hydrogens is 414 g/mol. The number of hydrogen-bond acceptors (Lipinski definition) is 7. The first-order valence-corrected chi connectivity index (χ1v) is 10.4. The van der Waals surface area contributed by atoms with E-state index in [0.717, 1.165) is 0 Å². The molecule has 3 rings (SSSR count). The highest BCUT2D eigenvalue weighted by Crippen LogP contribution is 2.29. The van der Waals surface area contributed by atoms with Crippen LogP contribution in [0.1, 0.15) is 13.3 Å². The van der Waals surface area contributed by atoms with Gasteiger partial charge in [0.1, 0.15) is 5.75 Å². The van der Waals surface area contributed by atoms with Crippen LogP contribution in [-0.4, -0.2) is 38.4 Å². The SMILES string of the molecule is CC(OC(=O)CC1Oc2ccccc2NC1=O)C(=O)Nc1ccc(S(N)(=O)=O)cc1. The predicted molar refractivity (Wildman–Crippen MR) is 106 cm³/mol. The van der Waals surface area contributed by atoms with E-state index in [1.807, 2.05) is 0 Å². The zero-order valence-corrected chi connectivity index (χ0v) is 16.6. The van der Waals surface area contributed by atoms with Crippen LogP contribution in [-0.2, 0) is 29.1 Å². The molecule has 0 aliphatic carbocycles. The molecule has 1 heterocycles. The van der Waals surface area contributed by atoms with Crippen molar-refractivity contribution in [2.24, 2.45) is 5.14 Å². The molecule has 0 fully saturated rings. The fourth-order valence-corrected chi connectivity index (χ4v) is 3.16. The molecule has 2 amide bonds. The molecule has 10 nitrogen and oxygen atoms in total. The smallest absolute Gasteiger partial charge is 0.310 e. The Kier molecular flexibility index (Phi) is 6.04. The van der Waals surface area contributed by atoms with E-state index < -0.39 is 40.0 Å². The van der Waals surface area contributed by atoms with Crippen LogP contribution in [0.5, 0.6) is 5.75 Å². The molecule has 0 spiro atoms. The van der Waals surface area contributed by atoms with E-state index in [-0.39, 0.29) is 11.3 Å². The number of hydrogen-bond donors (Lipinski definition) is 3. The molecule has 0 bridgehead atoms. The van der Waals surface area contributed by atoms with E-state index in [1.165, 1.54) is 31.2 Å². The van der Waals surface area contributed by atoms with Crippen molar-refractivity contribution in [2.75, 3.05) is 10.6 Å². The van der Waals surface area contributed by atoms with Crippen molar-refractivity contribution in [1.29, 1.82) is 0 Å². The average molecular weight is 433 g/mol. The summed E-state index contributed by atoms with van der Waals surface area (Å²) in [4.78, 5) is 36.3. The number of amides is 2. The summed E-state index contributed by atoms with van der Waals surface area (Å²) in [7, 11) is -3.84. The van der Waals surface area contributed by atoms with Crippen molar-refractivity contribution in [3.05, 3.63) is 48.5 Å². The minimum atomic E-state index is -3.84. The number of para-hydroxylation sites is 2. The third-order valence-electron chi connectivity index (χ3n) is 4.19. The molecule has 2 unspecified atom stereocenters. The number of ether oxygens (including phenoxy) is 2. The van der Waals surface area contributed by atoms with Gasteiger partial charge in [0.05, 0.1) is 17.0 Å². The highest BCUT2D eigenvalue weighted by atomic mass is 32.2. The van der Waals surface area contributed by atoms with E-state index in [2.05, 4.69) is 10.6 Å². The molecular formula is C19H19N3O7S. The highest BCUT2D eigenvalue weighted by molar-refractivity contribution is 7.89. The average Bonchev–Trinajstić information content (AvgIpc) is 2.68. The molecule has 2 aromatic carbocycles. The number of nitrogens with one attached hydrogen (secondary N) is 2. The van der Waals surface area contributed by atoms with Crippen molar-refractivity contribution in [1.82, 2.24) is 0 Å². The number of sulfonamides is 1. The van der Waals surface area contributed by atoms with Crippen LogP contribution in [0.2, 0.25) is 0 Å². The number of carbonyl (C=O) groups excluding carboxylic acids is 3. The van der Waals surface area contributed by atoms with Crippen LogP contribution in [0.25, 0.3) is 0 Å². The highest BCUT2D eigenvalue weighted by Gasteiger charge is 2.31. The number of esters is 1. The summed E-state index contributed by atoms with van der Waals surface area (Å²) in [5, 5.41) is 10.1. The van der Waals surface area contributed by atoms with Gasteiger partial charge in [0.15, 0.2) is 12.2 Å². The molecule has 1 aliphatic heterocycles. The normalized spacial score (nSPS) is 16.5. The summed E-state index contributed by atoms with van der Waals surface area (Å²) in [5.74, 6) is -1.48. The first kappa shape index (κ1) is 21.3. The van der Waals surface area contributed by atoms with Gasteiger partial charge < -0.3 is 20.1 Å². The third-order valence-corrected chi connectivity index (χ3v) is 5.12. The second kappa shape index (κ2) is 8.51. The molecule has 1 aliphatic rings. The maximum atomic E-state index is 12.2. The van der Waals surface area contributed by atoms with Crippen LogP contribution in [0.15, 0.2) is 53.4 Å². The molecule has 2 atom stereocenters. The predicted octanol–water partition coefficient (Wildman–Crippen LogP) is 0.994. The lowest BCUT2D eigenvalue weighted by Gasteiger charge is -2.25. The van der Waals surface area contributed by atoms with Gasteiger partial charge in [-0.3, -0.25) is 14.4 Å². The maximum absolute atomic E-state index is 12.2. The van der Waals surface area contributed by atoms with Gasteiger partial charge >= 0.3 is 5.97 Å². The van der Waals surface area contributed by atoms with Gasteiger partial charge in [0.2, 0.25) is 10.0 Å². The number of nitrogens with two attached hydrogens (primary N) is 1. The fourth-order valence-electron chi connectivity index (χ4n) is 2.65. The zero-order valence-electron chi connectivity index (χ0n) is 15.8. The van der Waals surface area contributed by atoms with Gasteiger partial charge in [0, 0.05) is 5.69 Å². The van der Waals surface area contributed by atoms with E-state index in [4.69, 9.17) is 14.6 Å². The maximum Gasteiger partial charge on any atom is 0.310 e. The largest absolute Gasteiger partial charge is 0.478 e. The Morgan fingerprint density at radius 2 is 1.87 bits per heavy atom. The van der Waals surface area contributed by atoms with Crippen molar-refractivity contribution >= 4 is 39.2 Å². The monoisotopic (exact) mass is 433 g/mol. The summed E-state index contributed by atoms with van der Waals surface area (Å²) in [6.45, 7) is 1.36. The molecule has 30 heavy (non-hydrogen) atoms. The van der Waals surface area contributed by atoms with Crippen LogP contribution in [0, 0.1) is 0 Å². The Labute approximate surface area is 172 Å². The number of rotatable bonds is 6.